The van der Waals surface area contributed by atoms with Crippen LogP contribution in [0.4, 0.5) is 4.79 Å². The van der Waals surface area contributed by atoms with Gasteiger partial charge in [0.05, 0.1) is 11.6 Å². The molecule has 23 heavy (non-hydrogen) atoms. The second kappa shape index (κ2) is 6.97. The van der Waals surface area contributed by atoms with Crippen molar-refractivity contribution in [3.63, 3.8) is 0 Å². The molecule has 0 bridgehead atoms. The summed E-state index contributed by atoms with van der Waals surface area (Å²) < 4.78 is 10.9. The smallest absolute Gasteiger partial charge is 0.407 e. The lowest BCUT2D eigenvalue weighted by molar-refractivity contribution is 0.0522. The normalized spacial score (nSPS) is 20.0. The molecule has 2 atom stereocenters. The van der Waals surface area contributed by atoms with E-state index in [1.165, 1.54) is 7.11 Å². The maximum atomic E-state index is 11.7. The van der Waals surface area contributed by atoms with E-state index >= 15 is 0 Å². The number of halogens is 1. The van der Waals surface area contributed by atoms with Gasteiger partial charge in [0.1, 0.15) is 5.60 Å². The van der Waals surface area contributed by atoms with Crippen LogP contribution >= 0.6 is 15.9 Å². The zero-order valence-corrected chi connectivity index (χ0v) is 15.4. The predicted molar refractivity (Wildman–Crippen MR) is 90.8 cm³/mol. The summed E-state index contributed by atoms with van der Waals surface area (Å²) in [6.45, 7) is 6.13. The summed E-state index contributed by atoms with van der Waals surface area (Å²) in [5.41, 5.74) is 0.492. The van der Waals surface area contributed by atoms with Gasteiger partial charge in [0, 0.05) is 18.6 Å². The standard InChI is InChI=1S/C16H23BrN2O4/c1-16(2,3)23-15(21)19-12-7-11(12)18-8-9-5-10(17)14(20)13(6-9)22-4/h5-6,11-12,18,20H,7-8H2,1-4H3,(H,19,21). The van der Waals surface area contributed by atoms with E-state index in [9.17, 15) is 9.90 Å². The summed E-state index contributed by atoms with van der Waals surface area (Å²) in [7, 11) is 1.51. The number of phenolic OH excluding ortho intramolecular Hbond substituents is 1. The number of rotatable bonds is 5. The second-order valence-corrected chi connectivity index (χ2v) is 7.46. The van der Waals surface area contributed by atoms with Crippen molar-refractivity contribution in [2.45, 2.75) is 51.4 Å². The van der Waals surface area contributed by atoms with E-state index in [4.69, 9.17) is 9.47 Å². The zero-order chi connectivity index (χ0) is 17.2. The van der Waals surface area contributed by atoms with Crippen LogP contribution in [0.1, 0.15) is 32.8 Å². The third kappa shape index (κ3) is 5.28. The number of hydrogen-bond acceptors (Lipinski definition) is 5. The molecule has 3 N–H and O–H groups in total. The summed E-state index contributed by atoms with van der Waals surface area (Å²) in [6, 6.07) is 3.93. The first kappa shape index (κ1) is 17.9. The third-order valence-corrected chi connectivity index (χ3v) is 3.97. The van der Waals surface area contributed by atoms with E-state index in [1.54, 1.807) is 6.07 Å². The number of ether oxygens (including phenoxy) is 2. The Bertz CT molecular complexity index is 586. The highest BCUT2D eigenvalue weighted by Gasteiger charge is 2.38. The Balaban J connectivity index is 1.80. The maximum absolute atomic E-state index is 11.7. The maximum Gasteiger partial charge on any atom is 0.407 e. The lowest BCUT2D eigenvalue weighted by Crippen LogP contribution is -2.36. The number of phenols is 1. The molecule has 7 heteroatoms. The average molecular weight is 387 g/mol. The van der Waals surface area contributed by atoms with Crippen LogP contribution in [-0.2, 0) is 11.3 Å². The monoisotopic (exact) mass is 386 g/mol. The third-order valence-electron chi connectivity index (χ3n) is 3.37. The highest BCUT2D eigenvalue weighted by atomic mass is 79.9. The Morgan fingerprint density at radius 1 is 1.39 bits per heavy atom. The van der Waals surface area contributed by atoms with Crippen LogP contribution in [-0.4, -0.2) is 36.0 Å². The molecule has 1 amide bonds. The molecule has 2 rings (SSSR count). The number of carbonyl (C=O) groups is 1. The molecule has 1 saturated carbocycles. The van der Waals surface area contributed by atoms with Crippen molar-refractivity contribution in [2.24, 2.45) is 0 Å². The molecule has 1 aromatic carbocycles. The van der Waals surface area contributed by atoms with Gasteiger partial charge < -0.3 is 25.2 Å². The molecule has 1 aliphatic rings. The Hall–Kier alpha value is -1.47. The largest absolute Gasteiger partial charge is 0.503 e. The van der Waals surface area contributed by atoms with Gasteiger partial charge in [0.2, 0.25) is 0 Å². The minimum absolute atomic E-state index is 0.0899. The molecule has 6 nitrogen and oxygen atoms in total. The first-order chi connectivity index (χ1) is 10.7. The van der Waals surface area contributed by atoms with Crippen molar-refractivity contribution in [1.82, 2.24) is 10.6 Å². The fourth-order valence-electron chi connectivity index (χ4n) is 2.17. The van der Waals surface area contributed by atoms with Crippen molar-refractivity contribution in [2.75, 3.05) is 7.11 Å². The van der Waals surface area contributed by atoms with E-state index in [0.717, 1.165) is 12.0 Å². The minimum Gasteiger partial charge on any atom is -0.503 e. The van der Waals surface area contributed by atoms with E-state index in [0.29, 0.717) is 16.8 Å². The van der Waals surface area contributed by atoms with Crippen molar-refractivity contribution in [3.8, 4) is 11.5 Å². The Morgan fingerprint density at radius 3 is 2.70 bits per heavy atom. The Kier molecular flexibility index (Phi) is 5.41. The second-order valence-electron chi connectivity index (χ2n) is 6.60. The van der Waals surface area contributed by atoms with Gasteiger partial charge in [-0.2, -0.15) is 0 Å². The first-order valence-corrected chi connectivity index (χ1v) is 8.27. The quantitative estimate of drug-likeness (QED) is 0.724. The summed E-state index contributed by atoms with van der Waals surface area (Å²) in [6.07, 6.45) is 0.483. The number of amides is 1. The number of methoxy groups -OCH3 is 1. The minimum atomic E-state index is -0.489. The number of alkyl carbamates (subject to hydrolysis) is 1. The number of benzene rings is 1. The molecule has 0 aromatic heterocycles. The molecular weight excluding hydrogens is 364 g/mol. The van der Waals surface area contributed by atoms with Gasteiger partial charge in [-0.1, -0.05) is 0 Å². The molecule has 1 aromatic rings. The summed E-state index contributed by atoms with van der Waals surface area (Å²) in [5.74, 6) is 0.516. The molecule has 0 radical (unpaired) electrons. The Morgan fingerprint density at radius 2 is 2.09 bits per heavy atom. The topological polar surface area (TPSA) is 79.8 Å². The molecular formula is C16H23BrN2O4. The van der Waals surface area contributed by atoms with Crippen molar-refractivity contribution >= 4 is 22.0 Å². The van der Waals surface area contributed by atoms with Crippen molar-refractivity contribution in [3.05, 3.63) is 22.2 Å². The van der Waals surface area contributed by atoms with Crippen LogP contribution in [0.3, 0.4) is 0 Å². The van der Waals surface area contributed by atoms with Gasteiger partial charge >= 0.3 is 6.09 Å². The van der Waals surface area contributed by atoms with Gasteiger partial charge in [-0.25, -0.2) is 4.79 Å². The Labute approximate surface area is 144 Å². The van der Waals surface area contributed by atoms with E-state index in [-0.39, 0.29) is 23.9 Å². The molecule has 2 unspecified atom stereocenters. The van der Waals surface area contributed by atoms with Crippen molar-refractivity contribution in [1.29, 1.82) is 0 Å². The van der Waals surface area contributed by atoms with Gasteiger partial charge in [-0.05, 0) is 60.8 Å². The predicted octanol–water partition coefficient (Wildman–Crippen LogP) is 2.92. The van der Waals surface area contributed by atoms with Crippen LogP contribution in [0.25, 0.3) is 0 Å². The fraction of sp³-hybridized carbons (Fsp3) is 0.562. The average Bonchev–Trinajstić information content (AvgIpc) is 3.15. The van der Waals surface area contributed by atoms with Crippen LogP contribution in [0.5, 0.6) is 11.5 Å². The summed E-state index contributed by atoms with van der Waals surface area (Å²) in [5, 5.41) is 16.0. The van der Waals surface area contributed by atoms with Crippen LogP contribution in [0, 0.1) is 0 Å². The summed E-state index contributed by atoms with van der Waals surface area (Å²) >= 11 is 3.30. The fourth-order valence-corrected chi connectivity index (χ4v) is 2.66. The molecule has 1 aliphatic carbocycles. The van der Waals surface area contributed by atoms with Crippen LogP contribution < -0.4 is 15.4 Å². The number of carbonyl (C=O) groups excluding carboxylic acids is 1. The number of aromatic hydroxyl groups is 1. The highest BCUT2D eigenvalue weighted by Crippen LogP contribution is 2.35. The first-order valence-electron chi connectivity index (χ1n) is 7.48. The highest BCUT2D eigenvalue weighted by molar-refractivity contribution is 9.10. The lowest BCUT2D eigenvalue weighted by Gasteiger charge is -2.19. The summed E-state index contributed by atoms with van der Waals surface area (Å²) in [4.78, 5) is 11.7. The van der Waals surface area contributed by atoms with Crippen LogP contribution in [0.15, 0.2) is 16.6 Å². The van der Waals surface area contributed by atoms with Gasteiger partial charge in [-0.15, -0.1) is 0 Å². The number of hydrogen-bond donors (Lipinski definition) is 3. The van der Waals surface area contributed by atoms with Gasteiger partial charge in [0.15, 0.2) is 11.5 Å². The van der Waals surface area contributed by atoms with E-state index in [1.807, 2.05) is 26.8 Å². The molecule has 0 saturated heterocycles. The molecule has 0 spiro atoms. The van der Waals surface area contributed by atoms with Crippen molar-refractivity contribution < 1.29 is 19.4 Å². The molecule has 0 heterocycles. The lowest BCUT2D eigenvalue weighted by atomic mass is 10.2. The van der Waals surface area contributed by atoms with E-state index < -0.39 is 5.60 Å². The van der Waals surface area contributed by atoms with Gasteiger partial charge in [0.25, 0.3) is 0 Å². The zero-order valence-electron chi connectivity index (χ0n) is 13.8. The molecule has 0 aliphatic heterocycles. The van der Waals surface area contributed by atoms with E-state index in [2.05, 4.69) is 26.6 Å². The molecule has 1 fully saturated rings. The molecule has 128 valence electrons. The SMILES string of the molecule is COc1cc(CNC2CC2NC(=O)OC(C)(C)C)cc(Br)c1O. The number of nitrogens with one attached hydrogen (secondary N) is 2. The van der Waals surface area contributed by atoms with Gasteiger partial charge in [-0.3, -0.25) is 0 Å². The van der Waals surface area contributed by atoms with Crippen LogP contribution in [0.2, 0.25) is 0 Å².